The van der Waals surface area contributed by atoms with Crippen molar-refractivity contribution < 1.29 is 4.79 Å². The van der Waals surface area contributed by atoms with Crippen LogP contribution >= 0.6 is 11.3 Å². The van der Waals surface area contributed by atoms with Gasteiger partial charge in [0.1, 0.15) is 0 Å². The van der Waals surface area contributed by atoms with Crippen molar-refractivity contribution in [2.75, 3.05) is 13.1 Å². The molecule has 1 aliphatic rings. The highest BCUT2D eigenvalue weighted by molar-refractivity contribution is 7.13. The Morgan fingerprint density at radius 3 is 2.78 bits per heavy atom. The number of carbonyl (C=O) groups is 1. The molecule has 6 heteroatoms. The van der Waals surface area contributed by atoms with Crippen molar-refractivity contribution in [1.82, 2.24) is 19.7 Å². The van der Waals surface area contributed by atoms with Crippen molar-refractivity contribution in [3.05, 3.63) is 35.3 Å². The maximum absolute atomic E-state index is 12.8. The highest BCUT2D eigenvalue weighted by Crippen LogP contribution is 2.30. The Labute approximate surface area is 138 Å². The van der Waals surface area contributed by atoms with Crippen molar-refractivity contribution in [2.45, 2.75) is 26.3 Å². The van der Waals surface area contributed by atoms with E-state index in [-0.39, 0.29) is 11.9 Å². The van der Waals surface area contributed by atoms with E-state index in [9.17, 15) is 4.79 Å². The Hall–Kier alpha value is -2.21. The van der Waals surface area contributed by atoms with Crippen molar-refractivity contribution >= 4 is 28.3 Å². The van der Waals surface area contributed by atoms with Gasteiger partial charge in [-0.15, -0.1) is 11.3 Å². The zero-order valence-electron chi connectivity index (χ0n) is 13.2. The average Bonchev–Trinajstić information content (AvgIpc) is 3.13. The van der Waals surface area contributed by atoms with Crippen molar-refractivity contribution in [2.24, 2.45) is 0 Å². The molecule has 0 atom stereocenters. The first-order valence-electron chi connectivity index (χ1n) is 7.86. The molecule has 4 heterocycles. The van der Waals surface area contributed by atoms with Gasteiger partial charge in [-0.05, 0) is 37.8 Å². The summed E-state index contributed by atoms with van der Waals surface area (Å²) in [4.78, 5) is 20.6. The molecule has 1 saturated heterocycles. The number of aromatic nitrogens is 3. The van der Waals surface area contributed by atoms with Gasteiger partial charge in [0.05, 0.1) is 27.7 Å². The Kier molecular flexibility index (Phi) is 3.41. The van der Waals surface area contributed by atoms with E-state index in [2.05, 4.69) is 18.9 Å². The van der Waals surface area contributed by atoms with Crippen LogP contribution in [0.15, 0.2) is 29.8 Å². The molecule has 3 aromatic heterocycles. The molecular weight excluding hydrogens is 308 g/mol. The lowest BCUT2D eigenvalue weighted by Gasteiger charge is -2.31. The van der Waals surface area contributed by atoms with Gasteiger partial charge >= 0.3 is 0 Å². The number of nitrogens with zero attached hydrogens (tertiary/aromatic N) is 4. The maximum Gasteiger partial charge on any atom is 0.254 e. The summed E-state index contributed by atoms with van der Waals surface area (Å²) in [5.41, 5.74) is 2.35. The fourth-order valence-electron chi connectivity index (χ4n) is 2.81. The summed E-state index contributed by atoms with van der Waals surface area (Å²) >= 11 is 1.63. The van der Waals surface area contributed by atoms with Gasteiger partial charge in [0.25, 0.3) is 5.91 Å². The lowest BCUT2D eigenvalue weighted by molar-refractivity contribution is 0.0654. The zero-order chi connectivity index (χ0) is 16.0. The maximum atomic E-state index is 12.8. The molecular formula is C17H18N4OS. The van der Waals surface area contributed by atoms with Gasteiger partial charge in [-0.25, -0.2) is 9.67 Å². The summed E-state index contributed by atoms with van der Waals surface area (Å²) in [6.45, 7) is 5.83. The standard InChI is InChI=1S/C17H18N4OS/c1-11(2)21-16-13(10-18-21)12(17(22)20-6-4-7-20)9-14(19-16)15-5-3-8-23-15/h3,5,8-11H,4,6-7H2,1-2H3. The highest BCUT2D eigenvalue weighted by atomic mass is 32.1. The third-order valence-electron chi connectivity index (χ3n) is 4.20. The van der Waals surface area contributed by atoms with Crippen molar-refractivity contribution in [3.8, 4) is 10.6 Å². The lowest BCUT2D eigenvalue weighted by atomic mass is 10.1. The molecule has 4 rings (SSSR count). The van der Waals surface area contributed by atoms with Crippen LogP contribution < -0.4 is 0 Å². The second kappa shape index (κ2) is 5.45. The first-order chi connectivity index (χ1) is 11.1. The molecule has 1 amide bonds. The number of hydrogen-bond donors (Lipinski definition) is 0. The van der Waals surface area contributed by atoms with Crippen LogP contribution in [0.5, 0.6) is 0 Å². The summed E-state index contributed by atoms with van der Waals surface area (Å²) in [7, 11) is 0. The average molecular weight is 326 g/mol. The van der Waals surface area contributed by atoms with Crippen LogP contribution in [0, 0.1) is 0 Å². The van der Waals surface area contributed by atoms with E-state index in [0.29, 0.717) is 5.56 Å². The van der Waals surface area contributed by atoms with Crippen LogP contribution in [0.3, 0.4) is 0 Å². The molecule has 23 heavy (non-hydrogen) atoms. The summed E-state index contributed by atoms with van der Waals surface area (Å²) in [5.74, 6) is 0.0877. The van der Waals surface area contributed by atoms with Gasteiger partial charge in [0.2, 0.25) is 0 Å². The number of hydrogen-bond acceptors (Lipinski definition) is 4. The second-order valence-corrected chi connectivity index (χ2v) is 7.05. The van der Waals surface area contributed by atoms with E-state index in [1.54, 1.807) is 17.5 Å². The number of amides is 1. The number of pyridine rings is 1. The van der Waals surface area contributed by atoms with Gasteiger partial charge in [-0.1, -0.05) is 6.07 Å². The normalized spacial score (nSPS) is 14.5. The molecule has 0 N–H and O–H groups in total. The van der Waals surface area contributed by atoms with Crippen LogP contribution in [0.2, 0.25) is 0 Å². The third-order valence-corrected chi connectivity index (χ3v) is 5.10. The topological polar surface area (TPSA) is 51.0 Å². The fraction of sp³-hybridized carbons (Fsp3) is 0.353. The second-order valence-electron chi connectivity index (χ2n) is 6.10. The van der Waals surface area contributed by atoms with E-state index in [4.69, 9.17) is 4.98 Å². The van der Waals surface area contributed by atoms with E-state index in [1.807, 2.05) is 33.2 Å². The van der Waals surface area contributed by atoms with E-state index in [0.717, 1.165) is 41.1 Å². The summed E-state index contributed by atoms with van der Waals surface area (Å²) in [5, 5.41) is 7.32. The Bertz CT molecular complexity index is 862. The minimum atomic E-state index is 0.0877. The lowest BCUT2D eigenvalue weighted by Crippen LogP contribution is -2.42. The van der Waals surface area contributed by atoms with E-state index < -0.39 is 0 Å². The first-order valence-corrected chi connectivity index (χ1v) is 8.74. The molecule has 0 spiro atoms. The molecule has 0 aromatic carbocycles. The van der Waals surface area contributed by atoms with Crippen molar-refractivity contribution in [3.63, 3.8) is 0 Å². The van der Waals surface area contributed by atoms with Crippen LogP contribution in [-0.2, 0) is 0 Å². The molecule has 0 unspecified atom stereocenters. The molecule has 118 valence electrons. The van der Waals surface area contributed by atoms with E-state index in [1.165, 1.54) is 0 Å². The molecule has 0 radical (unpaired) electrons. The zero-order valence-corrected chi connectivity index (χ0v) is 14.0. The minimum absolute atomic E-state index is 0.0877. The van der Waals surface area contributed by atoms with Gasteiger partial charge in [-0.2, -0.15) is 5.10 Å². The fourth-order valence-corrected chi connectivity index (χ4v) is 3.50. The molecule has 0 bridgehead atoms. The Morgan fingerprint density at radius 1 is 1.35 bits per heavy atom. The van der Waals surface area contributed by atoms with Crippen LogP contribution in [0.25, 0.3) is 21.6 Å². The summed E-state index contributed by atoms with van der Waals surface area (Å²) in [6, 6.07) is 6.15. The van der Waals surface area contributed by atoms with Gasteiger partial charge in [-0.3, -0.25) is 4.79 Å². The van der Waals surface area contributed by atoms with Gasteiger partial charge in [0, 0.05) is 19.1 Å². The molecule has 5 nitrogen and oxygen atoms in total. The van der Waals surface area contributed by atoms with Crippen LogP contribution in [0.1, 0.15) is 36.7 Å². The smallest absolute Gasteiger partial charge is 0.254 e. The van der Waals surface area contributed by atoms with Gasteiger partial charge < -0.3 is 4.90 Å². The SMILES string of the molecule is CC(C)n1ncc2c(C(=O)N3CCC3)cc(-c3cccs3)nc21. The summed E-state index contributed by atoms with van der Waals surface area (Å²) in [6.07, 6.45) is 2.86. The number of carbonyl (C=O) groups excluding carboxylic acids is 1. The quantitative estimate of drug-likeness (QED) is 0.739. The number of likely N-dealkylation sites (tertiary alicyclic amines) is 1. The highest BCUT2D eigenvalue weighted by Gasteiger charge is 2.25. The molecule has 0 aliphatic carbocycles. The van der Waals surface area contributed by atoms with Crippen LogP contribution in [-0.4, -0.2) is 38.7 Å². The number of fused-ring (bicyclic) bond motifs is 1. The number of thiophene rings is 1. The monoisotopic (exact) mass is 326 g/mol. The Morgan fingerprint density at radius 2 is 2.17 bits per heavy atom. The predicted molar refractivity (Wildman–Crippen MR) is 91.7 cm³/mol. The van der Waals surface area contributed by atoms with Crippen molar-refractivity contribution in [1.29, 1.82) is 0 Å². The first kappa shape index (κ1) is 14.4. The van der Waals surface area contributed by atoms with Crippen LogP contribution in [0.4, 0.5) is 0 Å². The Balaban J connectivity index is 1.94. The number of rotatable bonds is 3. The van der Waals surface area contributed by atoms with E-state index >= 15 is 0 Å². The largest absolute Gasteiger partial charge is 0.338 e. The molecule has 1 aliphatic heterocycles. The third kappa shape index (κ3) is 2.34. The van der Waals surface area contributed by atoms with Gasteiger partial charge in [0.15, 0.2) is 5.65 Å². The minimum Gasteiger partial charge on any atom is -0.338 e. The molecule has 3 aromatic rings. The predicted octanol–water partition coefficient (Wildman–Crippen LogP) is 3.59. The molecule has 1 fully saturated rings. The summed E-state index contributed by atoms with van der Waals surface area (Å²) < 4.78 is 1.89. The molecule has 0 saturated carbocycles.